The number of nitrogens with zero attached hydrogens (tertiary/aromatic N) is 2. The van der Waals surface area contributed by atoms with Gasteiger partial charge in [-0.3, -0.25) is 4.79 Å². The Balaban J connectivity index is 2.17. The van der Waals surface area contributed by atoms with Crippen molar-refractivity contribution in [3.05, 3.63) is 64.7 Å². The SMILES string of the molecule is CCC(=O)Nc1c(S(=O)(=O)c2ccc(Cl)cc2)c(SC)nn1Cc1ccc(C)cc1. The molecule has 6 nitrogen and oxygen atoms in total. The van der Waals surface area contributed by atoms with Crippen LogP contribution < -0.4 is 5.32 Å². The third-order valence-electron chi connectivity index (χ3n) is 4.50. The summed E-state index contributed by atoms with van der Waals surface area (Å²) in [6, 6.07) is 13.8. The van der Waals surface area contributed by atoms with E-state index >= 15 is 0 Å². The Bertz CT molecular complexity index is 1160. The summed E-state index contributed by atoms with van der Waals surface area (Å²) in [5.41, 5.74) is 2.06. The van der Waals surface area contributed by atoms with Gasteiger partial charge in [0.2, 0.25) is 15.7 Å². The van der Waals surface area contributed by atoms with Gasteiger partial charge in [-0.1, -0.05) is 48.4 Å². The second-order valence-corrected chi connectivity index (χ2v) is 9.81. The molecule has 1 N–H and O–H groups in total. The van der Waals surface area contributed by atoms with E-state index in [-0.39, 0.29) is 27.9 Å². The van der Waals surface area contributed by atoms with Crippen LogP contribution in [0, 0.1) is 6.92 Å². The molecular formula is C21H22ClN3O3S2. The minimum Gasteiger partial charge on any atom is -0.310 e. The second-order valence-electron chi connectivity index (χ2n) is 6.69. The Morgan fingerprint density at radius 1 is 1.13 bits per heavy atom. The summed E-state index contributed by atoms with van der Waals surface area (Å²) in [5, 5.41) is 8.01. The van der Waals surface area contributed by atoms with Gasteiger partial charge in [-0.05, 0) is 43.0 Å². The lowest BCUT2D eigenvalue weighted by atomic mass is 10.1. The van der Waals surface area contributed by atoms with E-state index in [1.165, 1.54) is 40.7 Å². The molecule has 9 heteroatoms. The van der Waals surface area contributed by atoms with E-state index in [4.69, 9.17) is 11.6 Å². The van der Waals surface area contributed by atoms with Crippen molar-refractivity contribution in [2.24, 2.45) is 0 Å². The summed E-state index contributed by atoms with van der Waals surface area (Å²) in [4.78, 5) is 12.3. The first-order valence-electron chi connectivity index (χ1n) is 9.27. The lowest BCUT2D eigenvalue weighted by Crippen LogP contribution is -2.17. The van der Waals surface area contributed by atoms with E-state index in [0.29, 0.717) is 16.6 Å². The maximum atomic E-state index is 13.5. The first kappa shape index (κ1) is 22.4. The van der Waals surface area contributed by atoms with E-state index in [1.54, 1.807) is 13.2 Å². The number of benzene rings is 2. The van der Waals surface area contributed by atoms with Crippen molar-refractivity contribution in [1.82, 2.24) is 9.78 Å². The fraction of sp³-hybridized carbons (Fsp3) is 0.238. The summed E-state index contributed by atoms with van der Waals surface area (Å²) in [6.45, 7) is 4.02. The molecule has 1 amide bonds. The Morgan fingerprint density at radius 2 is 1.77 bits per heavy atom. The van der Waals surface area contributed by atoms with Crippen molar-refractivity contribution in [2.75, 3.05) is 11.6 Å². The van der Waals surface area contributed by atoms with Crippen LogP contribution in [0.2, 0.25) is 5.02 Å². The summed E-state index contributed by atoms with van der Waals surface area (Å²) >= 11 is 7.13. The topological polar surface area (TPSA) is 81.1 Å². The largest absolute Gasteiger partial charge is 0.310 e. The summed E-state index contributed by atoms with van der Waals surface area (Å²) in [5.74, 6) is -0.123. The number of hydrogen-bond donors (Lipinski definition) is 1. The van der Waals surface area contributed by atoms with Crippen molar-refractivity contribution in [3.8, 4) is 0 Å². The molecule has 0 radical (unpaired) electrons. The van der Waals surface area contributed by atoms with E-state index in [1.807, 2.05) is 31.2 Å². The van der Waals surface area contributed by atoms with Gasteiger partial charge in [0, 0.05) is 11.4 Å². The molecule has 2 aromatic carbocycles. The van der Waals surface area contributed by atoms with Crippen molar-refractivity contribution in [3.63, 3.8) is 0 Å². The highest BCUT2D eigenvalue weighted by molar-refractivity contribution is 7.99. The van der Waals surface area contributed by atoms with Crippen molar-refractivity contribution >= 4 is 44.9 Å². The molecule has 158 valence electrons. The molecule has 0 saturated carbocycles. The third kappa shape index (κ3) is 4.71. The van der Waals surface area contributed by atoms with Crippen LogP contribution in [0.1, 0.15) is 24.5 Å². The normalized spacial score (nSPS) is 11.5. The fourth-order valence-electron chi connectivity index (χ4n) is 2.85. The molecule has 0 aliphatic heterocycles. The molecule has 1 heterocycles. The van der Waals surface area contributed by atoms with Crippen LogP contribution in [-0.2, 0) is 21.2 Å². The van der Waals surface area contributed by atoms with Crippen LogP contribution in [0.15, 0.2) is 63.3 Å². The number of aryl methyl sites for hydroxylation is 1. The molecule has 0 aliphatic carbocycles. The minimum atomic E-state index is -3.94. The first-order chi connectivity index (χ1) is 14.3. The number of hydrogen-bond acceptors (Lipinski definition) is 5. The zero-order valence-corrected chi connectivity index (χ0v) is 19.2. The van der Waals surface area contributed by atoms with E-state index < -0.39 is 9.84 Å². The number of amides is 1. The Labute approximate surface area is 185 Å². The number of carbonyl (C=O) groups excluding carboxylic acids is 1. The molecule has 3 aromatic rings. The molecule has 0 spiro atoms. The molecule has 30 heavy (non-hydrogen) atoms. The minimum absolute atomic E-state index is 0.00812. The van der Waals surface area contributed by atoms with Gasteiger partial charge in [0.25, 0.3) is 0 Å². The highest BCUT2D eigenvalue weighted by atomic mass is 35.5. The zero-order valence-electron chi connectivity index (χ0n) is 16.8. The Hall–Kier alpha value is -2.29. The number of sulfone groups is 1. The fourth-order valence-corrected chi connectivity index (χ4v) is 5.43. The van der Waals surface area contributed by atoms with Gasteiger partial charge in [0.1, 0.15) is 9.92 Å². The molecule has 0 bridgehead atoms. The maximum absolute atomic E-state index is 13.5. The highest BCUT2D eigenvalue weighted by Gasteiger charge is 2.31. The maximum Gasteiger partial charge on any atom is 0.225 e. The molecule has 1 aromatic heterocycles. The molecule has 0 saturated heterocycles. The number of rotatable bonds is 7. The van der Waals surface area contributed by atoms with Gasteiger partial charge in [0.15, 0.2) is 5.82 Å². The summed E-state index contributed by atoms with van der Waals surface area (Å²) in [7, 11) is -3.94. The first-order valence-corrected chi connectivity index (χ1v) is 12.4. The van der Waals surface area contributed by atoms with Crippen LogP contribution in [0.5, 0.6) is 0 Å². The number of carbonyl (C=O) groups is 1. The second kappa shape index (κ2) is 9.24. The van der Waals surface area contributed by atoms with Gasteiger partial charge in [-0.2, -0.15) is 5.10 Å². The molecule has 0 unspecified atom stereocenters. The van der Waals surface area contributed by atoms with Gasteiger partial charge in [0.05, 0.1) is 11.4 Å². The van der Waals surface area contributed by atoms with E-state index in [9.17, 15) is 13.2 Å². The highest BCUT2D eigenvalue weighted by Crippen LogP contribution is 2.36. The number of anilines is 1. The van der Waals surface area contributed by atoms with Gasteiger partial charge in [-0.15, -0.1) is 11.8 Å². The summed E-state index contributed by atoms with van der Waals surface area (Å²) in [6.07, 6.45) is 1.97. The van der Waals surface area contributed by atoms with Crippen molar-refractivity contribution in [2.45, 2.75) is 41.6 Å². The van der Waals surface area contributed by atoms with Gasteiger partial charge < -0.3 is 5.32 Å². The van der Waals surface area contributed by atoms with Crippen LogP contribution in [0.25, 0.3) is 0 Å². The van der Waals surface area contributed by atoms with Crippen LogP contribution >= 0.6 is 23.4 Å². The Morgan fingerprint density at radius 3 is 2.33 bits per heavy atom. The average Bonchev–Trinajstić information content (AvgIpc) is 3.07. The summed E-state index contributed by atoms with van der Waals surface area (Å²) < 4.78 is 28.5. The predicted octanol–water partition coefficient (Wildman–Crippen LogP) is 4.80. The average molecular weight is 464 g/mol. The predicted molar refractivity (Wildman–Crippen MR) is 120 cm³/mol. The quantitative estimate of drug-likeness (QED) is 0.509. The van der Waals surface area contributed by atoms with Crippen LogP contribution in [0.4, 0.5) is 5.82 Å². The molecule has 0 fully saturated rings. The van der Waals surface area contributed by atoms with Crippen molar-refractivity contribution in [1.29, 1.82) is 0 Å². The smallest absolute Gasteiger partial charge is 0.225 e. The number of halogens is 1. The molecule has 3 rings (SSSR count). The number of thioether (sulfide) groups is 1. The van der Waals surface area contributed by atoms with Gasteiger partial charge in [-0.25, -0.2) is 13.1 Å². The van der Waals surface area contributed by atoms with E-state index in [2.05, 4.69) is 10.4 Å². The standard InChI is InChI=1S/C21H22ClN3O3S2/c1-4-18(26)23-20-19(30(27,28)17-11-9-16(22)10-12-17)21(29-3)24-25(20)13-15-7-5-14(2)6-8-15/h5-12H,4,13H2,1-3H3,(H,23,26). The number of nitrogens with one attached hydrogen (secondary N) is 1. The Kier molecular flexibility index (Phi) is 6.90. The monoisotopic (exact) mass is 463 g/mol. The molecule has 0 aliphatic rings. The molecule has 0 atom stereocenters. The van der Waals surface area contributed by atoms with Crippen LogP contribution in [0.3, 0.4) is 0 Å². The lowest BCUT2D eigenvalue weighted by molar-refractivity contribution is -0.115. The third-order valence-corrected chi connectivity index (χ3v) is 7.37. The zero-order chi connectivity index (χ0) is 21.9. The van der Waals surface area contributed by atoms with E-state index in [0.717, 1.165) is 11.1 Å². The van der Waals surface area contributed by atoms with Crippen LogP contribution in [-0.4, -0.2) is 30.4 Å². The lowest BCUT2D eigenvalue weighted by Gasteiger charge is -2.12. The van der Waals surface area contributed by atoms with Gasteiger partial charge >= 0.3 is 0 Å². The number of aromatic nitrogens is 2. The molecular weight excluding hydrogens is 442 g/mol. The van der Waals surface area contributed by atoms with Crippen molar-refractivity contribution < 1.29 is 13.2 Å².